The fraction of sp³-hybridized carbons (Fsp3) is 0.240. The minimum absolute atomic E-state index is 0.126. The third-order valence-electron chi connectivity index (χ3n) is 5.27. The van der Waals surface area contributed by atoms with Gasteiger partial charge in [0.05, 0.1) is 12.8 Å². The second kappa shape index (κ2) is 9.87. The van der Waals surface area contributed by atoms with Crippen LogP contribution in [0.25, 0.3) is 11.2 Å². The molecular formula is C25H26N4O2S. The maximum Gasteiger partial charge on any atom is 0.247 e. The summed E-state index contributed by atoms with van der Waals surface area (Å²) in [6, 6.07) is 19.2. The number of thioether (sulfide) groups is 1. The first-order chi connectivity index (χ1) is 15.6. The number of hydrogen-bond donors (Lipinski definition) is 1. The zero-order valence-corrected chi connectivity index (χ0v) is 19.2. The van der Waals surface area contributed by atoms with Gasteiger partial charge in [-0.3, -0.25) is 9.36 Å². The average molecular weight is 447 g/mol. The molecule has 1 atom stereocenters. The number of imidazole rings is 1. The highest BCUT2D eigenvalue weighted by molar-refractivity contribution is 7.98. The molecule has 1 amide bonds. The highest BCUT2D eigenvalue weighted by Crippen LogP contribution is 2.32. The lowest BCUT2D eigenvalue weighted by Crippen LogP contribution is -2.26. The van der Waals surface area contributed by atoms with Gasteiger partial charge in [0.1, 0.15) is 17.3 Å². The Hall–Kier alpha value is -3.32. The van der Waals surface area contributed by atoms with Crippen molar-refractivity contribution in [2.45, 2.75) is 37.2 Å². The maximum atomic E-state index is 13.4. The van der Waals surface area contributed by atoms with Crippen LogP contribution in [0.5, 0.6) is 5.75 Å². The molecule has 0 saturated heterocycles. The van der Waals surface area contributed by atoms with Crippen LogP contribution in [0.15, 0.2) is 72.0 Å². The standard InChI is InChI=1S/C25H26N4O2S/c1-4-21(24(30)27-19-8-5-6-10-22(19)31-3)29-23-20(9-7-15-26-23)28-25(29)32-16-18-13-11-17(2)12-14-18/h5-15,21H,4,16H2,1-3H3,(H,27,30)/t21-/m1/s1. The predicted octanol–water partition coefficient (Wildman–Crippen LogP) is 5.63. The Kier molecular flexibility index (Phi) is 6.75. The van der Waals surface area contributed by atoms with Crippen LogP contribution < -0.4 is 10.1 Å². The monoisotopic (exact) mass is 446 g/mol. The topological polar surface area (TPSA) is 69.0 Å². The number of fused-ring (bicyclic) bond motifs is 1. The minimum atomic E-state index is -0.458. The van der Waals surface area contributed by atoms with E-state index >= 15 is 0 Å². The summed E-state index contributed by atoms with van der Waals surface area (Å²) in [6.07, 6.45) is 2.33. The fourth-order valence-electron chi connectivity index (χ4n) is 3.57. The number of pyridine rings is 1. The molecule has 0 fully saturated rings. The number of hydrogen-bond acceptors (Lipinski definition) is 5. The van der Waals surface area contributed by atoms with Gasteiger partial charge in [-0.2, -0.15) is 0 Å². The predicted molar refractivity (Wildman–Crippen MR) is 129 cm³/mol. The van der Waals surface area contributed by atoms with Crippen molar-refractivity contribution in [3.8, 4) is 5.75 Å². The summed E-state index contributed by atoms with van der Waals surface area (Å²) >= 11 is 1.61. The van der Waals surface area contributed by atoms with Gasteiger partial charge < -0.3 is 10.1 Å². The van der Waals surface area contributed by atoms with Crippen LogP contribution in [-0.4, -0.2) is 27.6 Å². The largest absolute Gasteiger partial charge is 0.495 e. The minimum Gasteiger partial charge on any atom is -0.495 e. The lowest BCUT2D eigenvalue weighted by molar-refractivity contribution is -0.119. The number of carbonyl (C=O) groups is 1. The molecule has 164 valence electrons. The Balaban J connectivity index is 1.66. The van der Waals surface area contributed by atoms with Crippen molar-refractivity contribution < 1.29 is 9.53 Å². The number of carbonyl (C=O) groups excluding carboxylic acids is 1. The second-order valence-corrected chi connectivity index (χ2v) is 8.44. The van der Waals surface area contributed by atoms with Crippen LogP contribution in [-0.2, 0) is 10.5 Å². The van der Waals surface area contributed by atoms with Crippen molar-refractivity contribution in [2.75, 3.05) is 12.4 Å². The normalized spacial score (nSPS) is 12.0. The Morgan fingerprint density at radius 3 is 2.66 bits per heavy atom. The highest BCUT2D eigenvalue weighted by atomic mass is 32.2. The molecular weight excluding hydrogens is 420 g/mol. The number of methoxy groups -OCH3 is 1. The van der Waals surface area contributed by atoms with E-state index in [-0.39, 0.29) is 5.91 Å². The van der Waals surface area contributed by atoms with E-state index in [0.717, 1.165) is 16.4 Å². The smallest absolute Gasteiger partial charge is 0.247 e. The molecule has 0 saturated carbocycles. The number of benzene rings is 2. The van der Waals surface area contributed by atoms with E-state index in [4.69, 9.17) is 9.72 Å². The number of ether oxygens (including phenoxy) is 1. The third-order valence-corrected chi connectivity index (χ3v) is 6.29. The fourth-order valence-corrected chi connectivity index (χ4v) is 4.58. The van der Waals surface area contributed by atoms with Crippen LogP contribution in [0.1, 0.15) is 30.5 Å². The molecule has 2 aromatic heterocycles. The molecule has 7 heteroatoms. The van der Waals surface area contributed by atoms with Crippen molar-refractivity contribution >= 4 is 34.5 Å². The van der Waals surface area contributed by atoms with E-state index in [0.29, 0.717) is 23.5 Å². The first kappa shape index (κ1) is 21.9. The van der Waals surface area contributed by atoms with Crippen molar-refractivity contribution in [2.24, 2.45) is 0 Å². The van der Waals surface area contributed by atoms with Gasteiger partial charge in [-0.25, -0.2) is 9.97 Å². The van der Waals surface area contributed by atoms with Gasteiger partial charge in [-0.15, -0.1) is 0 Å². The maximum absolute atomic E-state index is 13.4. The van der Waals surface area contributed by atoms with Crippen LogP contribution in [0.2, 0.25) is 0 Å². The third kappa shape index (κ3) is 4.62. The number of rotatable bonds is 8. The Bertz CT molecular complexity index is 1220. The average Bonchev–Trinajstić information content (AvgIpc) is 3.18. The number of amides is 1. The molecule has 6 nitrogen and oxygen atoms in total. The number of nitrogens with zero attached hydrogens (tertiary/aromatic N) is 3. The number of nitrogens with one attached hydrogen (secondary N) is 1. The molecule has 0 aliphatic heterocycles. The van der Waals surface area contributed by atoms with Crippen molar-refractivity contribution in [1.29, 1.82) is 0 Å². The summed E-state index contributed by atoms with van der Waals surface area (Å²) < 4.78 is 7.35. The van der Waals surface area contributed by atoms with E-state index in [1.807, 2.05) is 47.9 Å². The van der Waals surface area contributed by atoms with Crippen molar-refractivity contribution in [3.05, 3.63) is 78.0 Å². The number of aromatic nitrogens is 3. The molecule has 1 N–H and O–H groups in total. The molecule has 32 heavy (non-hydrogen) atoms. The highest BCUT2D eigenvalue weighted by Gasteiger charge is 2.26. The van der Waals surface area contributed by atoms with Gasteiger partial charge >= 0.3 is 0 Å². The van der Waals surface area contributed by atoms with E-state index in [1.54, 1.807) is 25.1 Å². The van der Waals surface area contributed by atoms with E-state index < -0.39 is 6.04 Å². The van der Waals surface area contributed by atoms with Gasteiger partial charge in [0.2, 0.25) is 5.91 Å². The second-order valence-electron chi connectivity index (χ2n) is 7.50. The lowest BCUT2D eigenvalue weighted by atomic mass is 10.2. The quantitative estimate of drug-likeness (QED) is 0.355. The molecule has 0 radical (unpaired) electrons. The molecule has 4 aromatic rings. The number of para-hydroxylation sites is 2. The Morgan fingerprint density at radius 2 is 1.91 bits per heavy atom. The Labute approximate surface area is 192 Å². The zero-order valence-electron chi connectivity index (χ0n) is 18.4. The first-order valence-corrected chi connectivity index (χ1v) is 11.5. The van der Waals surface area contributed by atoms with E-state index in [1.165, 1.54) is 11.1 Å². The zero-order chi connectivity index (χ0) is 22.5. The van der Waals surface area contributed by atoms with Crippen LogP contribution >= 0.6 is 11.8 Å². The van der Waals surface area contributed by atoms with Gasteiger partial charge in [0, 0.05) is 11.9 Å². The summed E-state index contributed by atoms with van der Waals surface area (Å²) in [5.74, 6) is 1.26. The van der Waals surface area contributed by atoms with Gasteiger partial charge in [0.15, 0.2) is 10.8 Å². The molecule has 0 aliphatic carbocycles. The van der Waals surface area contributed by atoms with Gasteiger partial charge in [0.25, 0.3) is 0 Å². The van der Waals surface area contributed by atoms with Crippen molar-refractivity contribution in [1.82, 2.24) is 14.5 Å². The van der Waals surface area contributed by atoms with Crippen LogP contribution in [0.3, 0.4) is 0 Å². The molecule has 0 bridgehead atoms. The van der Waals surface area contributed by atoms with Crippen LogP contribution in [0.4, 0.5) is 5.69 Å². The Morgan fingerprint density at radius 1 is 1.12 bits per heavy atom. The molecule has 0 spiro atoms. The van der Waals surface area contributed by atoms with Crippen molar-refractivity contribution in [3.63, 3.8) is 0 Å². The molecule has 0 aliphatic rings. The summed E-state index contributed by atoms with van der Waals surface area (Å²) in [5.41, 5.74) is 4.57. The number of anilines is 1. The van der Waals surface area contributed by atoms with Crippen LogP contribution in [0, 0.1) is 6.92 Å². The number of aryl methyl sites for hydroxylation is 1. The summed E-state index contributed by atoms with van der Waals surface area (Å²) in [4.78, 5) is 22.7. The van der Waals surface area contributed by atoms with E-state index in [2.05, 4.69) is 41.5 Å². The first-order valence-electron chi connectivity index (χ1n) is 10.6. The molecule has 2 heterocycles. The molecule has 2 aromatic carbocycles. The lowest BCUT2D eigenvalue weighted by Gasteiger charge is -2.20. The van der Waals surface area contributed by atoms with Gasteiger partial charge in [-0.1, -0.05) is 60.6 Å². The summed E-state index contributed by atoms with van der Waals surface area (Å²) in [5, 5.41) is 3.80. The SMILES string of the molecule is CC[C@H](C(=O)Nc1ccccc1OC)n1c(SCc2ccc(C)cc2)nc2cccnc21. The molecule has 4 rings (SSSR count). The summed E-state index contributed by atoms with van der Waals surface area (Å²) in [7, 11) is 1.59. The van der Waals surface area contributed by atoms with Gasteiger partial charge in [-0.05, 0) is 43.2 Å². The molecule has 0 unspecified atom stereocenters. The summed E-state index contributed by atoms with van der Waals surface area (Å²) in [6.45, 7) is 4.07. The van der Waals surface area contributed by atoms with E-state index in [9.17, 15) is 4.79 Å².